The molecule has 1 atom stereocenters. The number of tetrazole rings is 1. The molecule has 0 saturated heterocycles. The van der Waals surface area contributed by atoms with Gasteiger partial charge in [-0.2, -0.15) is 4.68 Å². The van der Waals surface area contributed by atoms with E-state index in [2.05, 4.69) is 39.1 Å². The van der Waals surface area contributed by atoms with E-state index in [1.165, 1.54) is 0 Å². The fourth-order valence-corrected chi connectivity index (χ4v) is 4.09. The van der Waals surface area contributed by atoms with Crippen molar-refractivity contribution in [1.29, 1.82) is 0 Å². The van der Waals surface area contributed by atoms with Crippen LogP contribution in [0.3, 0.4) is 0 Å². The van der Waals surface area contributed by atoms with Crippen molar-refractivity contribution in [2.45, 2.75) is 19.9 Å². The summed E-state index contributed by atoms with van der Waals surface area (Å²) >= 11 is 0. The van der Waals surface area contributed by atoms with Gasteiger partial charge in [-0.25, -0.2) is 0 Å². The molecule has 0 spiro atoms. The highest BCUT2D eigenvalue weighted by Crippen LogP contribution is 2.36. The number of rotatable bonds is 5. The van der Waals surface area contributed by atoms with Crippen LogP contribution in [0.15, 0.2) is 84.9 Å². The largest absolute Gasteiger partial charge is 0.324 e. The number of carbonyl (C=O) groups excluding carboxylic acids is 1. The van der Waals surface area contributed by atoms with Crippen molar-refractivity contribution < 1.29 is 4.79 Å². The van der Waals surface area contributed by atoms with Crippen LogP contribution in [0.5, 0.6) is 0 Å². The number of nitrogens with zero attached hydrogens (tertiary/aromatic N) is 5. The van der Waals surface area contributed by atoms with E-state index in [4.69, 9.17) is 0 Å². The number of fused-ring (bicyclic) bond motifs is 1. The summed E-state index contributed by atoms with van der Waals surface area (Å²) in [5, 5.41) is 15.5. The molecule has 7 nitrogen and oxygen atoms in total. The normalized spacial score (nSPS) is 15.0. The molecule has 33 heavy (non-hydrogen) atoms. The standard InChI is InChI=1S/C26H24N6O/c1-18-10-9-15-22(19(18)2)27-25(33)17-31-23(20-11-5-3-6-12-20)16-24(21-13-7-4-8-14-21)32-26(31)28-29-30-32/h3-16,24H,17H2,1-2H3,(H,27,33)/t24-/m1/s1. The van der Waals surface area contributed by atoms with Crippen molar-refractivity contribution in [3.05, 3.63) is 107 Å². The third-order valence-corrected chi connectivity index (χ3v) is 5.98. The lowest BCUT2D eigenvalue weighted by molar-refractivity contribution is -0.114. The summed E-state index contributed by atoms with van der Waals surface area (Å²) in [5.74, 6) is 0.388. The maximum atomic E-state index is 13.1. The van der Waals surface area contributed by atoms with Gasteiger partial charge in [-0.05, 0) is 58.7 Å². The van der Waals surface area contributed by atoms with E-state index in [0.29, 0.717) is 5.95 Å². The SMILES string of the molecule is Cc1cccc(NC(=O)CN2C(c3ccccc3)=C[C@H](c3ccccc3)n3nnnc32)c1C. The summed E-state index contributed by atoms with van der Waals surface area (Å²) in [4.78, 5) is 15.0. The van der Waals surface area contributed by atoms with E-state index in [0.717, 1.165) is 33.6 Å². The number of aromatic nitrogens is 4. The monoisotopic (exact) mass is 436 g/mol. The van der Waals surface area contributed by atoms with Gasteiger partial charge in [0.25, 0.3) is 5.95 Å². The zero-order valence-corrected chi connectivity index (χ0v) is 18.5. The van der Waals surface area contributed by atoms with Crippen molar-refractivity contribution >= 4 is 23.2 Å². The summed E-state index contributed by atoms with van der Waals surface area (Å²) < 4.78 is 1.76. The Morgan fingerprint density at radius 1 is 0.939 bits per heavy atom. The Hall–Kier alpha value is -4.26. The number of allylic oxidation sites excluding steroid dienone is 1. The van der Waals surface area contributed by atoms with Crippen LogP contribution in [0.4, 0.5) is 11.6 Å². The highest BCUT2D eigenvalue weighted by Gasteiger charge is 2.31. The Morgan fingerprint density at radius 2 is 1.67 bits per heavy atom. The number of hydrogen-bond acceptors (Lipinski definition) is 5. The highest BCUT2D eigenvalue weighted by atomic mass is 16.2. The molecule has 1 N–H and O–H groups in total. The van der Waals surface area contributed by atoms with E-state index >= 15 is 0 Å². The predicted octanol–water partition coefficient (Wildman–Crippen LogP) is 4.38. The minimum absolute atomic E-state index is 0.0794. The number of nitrogens with one attached hydrogen (secondary N) is 1. The van der Waals surface area contributed by atoms with Crippen LogP contribution in [0.25, 0.3) is 5.70 Å². The molecule has 2 heterocycles. The van der Waals surface area contributed by atoms with Crippen LogP contribution in [0, 0.1) is 13.8 Å². The van der Waals surface area contributed by atoms with Crippen molar-refractivity contribution in [2.24, 2.45) is 0 Å². The first-order valence-electron chi connectivity index (χ1n) is 10.9. The molecule has 3 aromatic carbocycles. The predicted molar refractivity (Wildman–Crippen MR) is 129 cm³/mol. The van der Waals surface area contributed by atoms with E-state index < -0.39 is 0 Å². The van der Waals surface area contributed by atoms with Gasteiger partial charge in [-0.1, -0.05) is 77.9 Å². The van der Waals surface area contributed by atoms with E-state index in [-0.39, 0.29) is 18.5 Å². The molecule has 0 radical (unpaired) electrons. The molecule has 4 aromatic rings. The van der Waals surface area contributed by atoms with Gasteiger partial charge in [0.15, 0.2) is 0 Å². The first-order chi connectivity index (χ1) is 16.1. The van der Waals surface area contributed by atoms with Crippen LogP contribution in [0.2, 0.25) is 0 Å². The molecular weight excluding hydrogens is 412 g/mol. The highest BCUT2D eigenvalue weighted by molar-refractivity contribution is 5.97. The smallest absolute Gasteiger partial charge is 0.251 e. The molecule has 7 heteroatoms. The summed E-state index contributed by atoms with van der Waals surface area (Å²) in [7, 11) is 0. The van der Waals surface area contributed by atoms with Crippen LogP contribution < -0.4 is 10.2 Å². The van der Waals surface area contributed by atoms with Crippen molar-refractivity contribution in [3.63, 3.8) is 0 Å². The van der Waals surface area contributed by atoms with Gasteiger partial charge in [-0.15, -0.1) is 0 Å². The fourth-order valence-electron chi connectivity index (χ4n) is 4.09. The number of anilines is 2. The van der Waals surface area contributed by atoms with Crippen LogP contribution >= 0.6 is 0 Å². The van der Waals surface area contributed by atoms with Gasteiger partial charge in [0.2, 0.25) is 5.91 Å². The van der Waals surface area contributed by atoms with Gasteiger partial charge < -0.3 is 5.32 Å². The molecule has 1 aliphatic rings. The van der Waals surface area contributed by atoms with Gasteiger partial charge >= 0.3 is 0 Å². The van der Waals surface area contributed by atoms with Gasteiger partial charge in [0.05, 0.1) is 5.70 Å². The maximum Gasteiger partial charge on any atom is 0.251 e. The van der Waals surface area contributed by atoms with Crippen LogP contribution in [-0.4, -0.2) is 32.7 Å². The molecule has 1 aliphatic heterocycles. The number of hydrogen-bond donors (Lipinski definition) is 1. The van der Waals surface area contributed by atoms with Gasteiger partial charge in [0, 0.05) is 5.69 Å². The molecule has 0 aliphatic carbocycles. The minimum atomic E-state index is -0.176. The fraction of sp³-hybridized carbons (Fsp3) is 0.154. The zero-order valence-electron chi connectivity index (χ0n) is 18.5. The zero-order chi connectivity index (χ0) is 22.8. The molecule has 0 saturated carbocycles. The molecule has 0 unspecified atom stereocenters. The third kappa shape index (κ3) is 4.01. The molecule has 1 amide bonds. The number of amides is 1. The summed E-state index contributed by atoms with van der Waals surface area (Å²) in [6, 6.07) is 25.8. The average Bonchev–Trinajstić information content (AvgIpc) is 3.33. The maximum absolute atomic E-state index is 13.1. The van der Waals surface area contributed by atoms with E-state index in [9.17, 15) is 4.79 Å². The van der Waals surface area contributed by atoms with Crippen LogP contribution in [-0.2, 0) is 4.79 Å². The Labute approximate surface area is 192 Å². The second kappa shape index (κ2) is 8.70. The molecular formula is C26H24N6O. The molecule has 0 bridgehead atoms. The second-order valence-electron chi connectivity index (χ2n) is 8.08. The number of benzene rings is 3. The lowest BCUT2D eigenvalue weighted by Gasteiger charge is -2.32. The van der Waals surface area contributed by atoms with E-state index in [1.807, 2.05) is 85.5 Å². The second-order valence-corrected chi connectivity index (χ2v) is 8.08. The summed E-state index contributed by atoms with van der Waals surface area (Å²) in [6.07, 6.45) is 2.11. The van der Waals surface area contributed by atoms with Crippen molar-refractivity contribution in [3.8, 4) is 0 Å². The molecule has 1 aromatic heterocycles. The van der Waals surface area contributed by atoms with Crippen molar-refractivity contribution in [2.75, 3.05) is 16.8 Å². The Balaban J connectivity index is 1.53. The minimum Gasteiger partial charge on any atom is -0.324 e. The summed E-state index contributed by atoms with van der Waals surface area (Å²) in [5.41, 5.74) is 5.95. The van der Waals surface area contributed by atoms with Gasteiger partial charge in [-0.3, -0.25) is 9.69 Å². The quantitative estimate of drug-likeness (QED) is 0.503. The van der Waals surface area contributed by atoms with Crippen LogP contribution in [0.1, 0.15) is 28.3 Å². The topological polar surface area (TPSA) is 75.9 Å². The van der Waals surface area contributed by atoms with Crippen molar-refractivity contribution in [1.82, 2.24) is 20.2 Å². The first-order valence-corrected chi connectivity index (χ1v) is 10.9. The van der Waals surface area contributed by atoms with E-state index in [1.54, 1.807) is 4.68 Å². The number of carbonyl (C=O) groups is 1. The Kier molecular flexibility index (Phi) is 5.44. The summed E-state index contributed by atoms with van der Waals surface area (Å²) in [6.45, 7) is 4.12. The first kappa shape index (κ1) is 20.6. The Bertz CT molecular complexity index is 1310. The number of aryl methyl sites for hydroxylation is 1. The molecule has 0 fully saturated rings. The average molecular weight is 437 g/mol. The Morgan fingerprint density at radius 3 is 2.42 bits per heavy atom. The molecule has 5 rings (SSSR count). The van der Waals surface area contributed by atoms with Gasteiger partial charge in [0.1, 0.15) is 12.6 Å². The lowest BCUT2D eigenvalue weighted by atomic mass is 10.0. The lowest BCUT2D eigenvalue weighted by Crippen LogP contribution is -2.37. The third-order valence-electron chi connectivity index (χ3n) is 5.98. The molecule has 164 valence electrons.